The lowest BCUT2D eigenvalue weighted by Gasteiger charge is -2.40. The Hall–Kier alpha value is -2.22. The zero-order valence-corrected chi connectivity index (χ0v) is 17.7. The molecule has 1 aliphatic heterocycles. The first-order valence-corrected chi connectivity index (χ1v) is 11.0. The molecule has 0 aromatic heterocycles. The standard InChI is InChI=1S/C21H25F3N2O2S/c1-14(2)29(27,28)25-16-6-5-7-17(13-16)26-11-10-20(3,4)18-12-15(21(22,23)24)8-9-19(18)26/h5-9,12-14,25H,10-11H2,1-4H3. The summed E-state index contributed by atoms with van der Waals surface area (Å²) in [5.74, 6) is 0. The minimum Gasteiger partial charge on any atom is -0.341 e. The average molecular weight is 427 g/mol. The lowest BCUT2D eigenvalue weighted by atomic mass is 9.77. The number of anilines is 3. The second-order valence-electron chi connectivity index (χ2n) is 8.26. The van der Waals surface area contributed by atoms with Crippen LogP contribution in [0.25, 0.3) is 0 Å². The molecule has 0 radical (unpaired) electrons. The van der Waals surface area contributed by atoms with Gasteiger partial charge in [0.15, 0.2) is 0 Å². The predicted molar refractivity (Wildman–Crippen MR) is 110 cm³/mol. The van der Waals surface area contributed by atoms with Gasteiger partial charge in [0.05, 0.1) is 16.5 Å². The van der Waals surface area contributed by atoms with Crippen molar-refractivity contribution >= 4 is 27.1 Å². The molecule has 4 nitrogen and oxygen atoms in total. The number of rotatable bonds is 4. The highest BCUT2D eigenvalue weighted by molar-refractivity contribution is 7.93. The largest absolute Gasteiger partial charge is 0.416 e. The summed E-state index contributed by atoms with van der Waals surface area (Å²) in [6, 6.07) is 10.8. The van der Waals surface area contributed by atoms with Crippen molar-refractivity contribution in [3.05, 3.63) is 53.6 Å². The van der Waals surface area contributed by atoms with Crippen molar-refractivity contribution in [2.45, 2.75) is 51.0 Å². The first kappa shape index (κ1) is 21.5. The molecule has 0 fully saturated rings. The Morgan fingerprint density at radius 3 is 2.41 bits per heavy atom. The maximum atomic E-state index is 13.2. The third kappa shape index (κ3) is 4.37. The predicted octanol–water partition coefficient (Wildman–Crippen LogP) is 5.67. The minimum atomic E-state index is -4.40. The molecular formula is C21H25F3N2O2S. The van der Waals surface area contributed by atoms with Crippen LogP contribution in [0.4, 0.5) is 30.2 Å². The molecule has 0 aliphatic carbocycles. The van der Waals surface area contributed by atoms with Crippen molar-refractivity contribution < 1.29 is 21.6 Å². The molecule has 1 N–H and O–H groups in total. The number of halogens is 3. The molecule has 1 heterocycles. The highest BCUT2D eigenvalue weighted by atomic mass is 32.2. The van der Waals surface area contributed by atoms with Crippen molar-refractivity contribution in [1.82, 2.24) is 0 Å². The highest BCUT2D eigenvalue weighted by Crippen LogP contribution is 2.45. The van der Waals surface area contributed by atoms with E-state index in [1.807, 2.05) is 24.8 Å². The molecule has 0 amide bonds. The van der Waals surface area contributed by atoms with Gasteiger partial charge in [0.2, 0.25) is 10.0 Å². The Morgan fingerprint density at radius 2 is 1.79 bits per heavy atom. The Morgan fingerprint density at radius 1 is 1.10 bits per heavy atom. The smallest absolute Gasteiger partial charge is 0.341 e. The average Bonchev–Trinajstić information content (AvgIpc) is 2.60. The third-order valence-corrected chi connectivity index (χ3v) is 7.10. The van der Waals surface area contributed by atoms with E-state index in [0.29, 0.717) is 29.9 Å². The van der Waals surface area contributed by atoms with E-state index in [1.165, 1.54) is 12.1 Å². The Bertz CT molecular complexity index is 1010. The van der Waals surface area contributed by atoms with Crippen LogP contribution in [0.2, 0.25) is 0 Å². The molecule has 0 spiro atoms. The summed E-state index contributed by atoms with van der Waals surface area (Å²) >= 11 is 0. The lowest BCUT2D eigenvalue weighted by molar-refractivity contribution is -0.137. The molecule has 0 saturated heterocycles. The number of alkyl halides is 3. The van der Waals surface area contributed by atoms with Gasteiger partial charge in [-0.15, -0.1) is 0 Å². The zero-order valence-electron chi connectivity index (χ0n) is 16.8. The number of hydrogen-bond acceptors (Lipinski definition) is 3. The van der Waals surface area contributed by atoms with Gasteiger partial charge in [0.25, 0.3) is 0 Å². The van der Waals surface area contributed by atoms with Crippen LogP contribution < -0.4 is 9.62 Å². The highest BCUT2D eigenvalue weighted by Gasteiger charge is 2.36. The molecule has 1 aliphatic rings. The summed E-state index contributed by atoms with van der Waals surface area (Å²) < 4.78 is 66.6. The number of nitrogens with zero attached hydrogens (tertiary/aromatic N) is 1. The van der Waals surface area contributed by atoms with Crippen LogP contribution in [-0.4, -0.2) is 20.2 Å². The molecule has 29 heavy (non-hydrogen) atoms. The first-order valence-electron chi connectivity index (χ1n) is 9.42. The zero-order chi connectivity index (χ0) is 21.6. The monoisotopic (exact) mass is 426 g/mol. The minimum absolute atomic E-state index is 0.399. The van der Waals surface area contributed by atoms with Gasteiger partial charge in [-0.1, -0.05) is 19.9 Å². The fourth-order valence-electron chi connectivity index (χ4n) is 3.42. The van der Waals surface area contributed by atoms with Crippen LogP contribution in [0.1, 0.15) is 45.2 Å². The molecule has 0 saturated carbocycles. The Kier molecular flexibility index (Phi) is 5.36. The van der Waals surface area contributed by atoms with Crippen LogP contribution >= 0.6 is 0 Å². The van der Waals surface area contributed by atoms with Crippen LogP contribution in [0.3, 0.4) is 0 Å². The summed E-state index contributed by atoms with van der Waals surface area (Å²) in [5.41, 5.74) is 1.43. The van der Waals surface area contributed by atoms with E-state index in [1.54, 1.807) is 32.0 Å². The second kappa shape index (κ2) is 7.23. The maximum absolute atomic E-state index is 13.2. The Balaban J connectivity index is 2.03. The number of benzene rings is 2. The first-order chi connectivity index (χ1) is 13.3. The van der Waals surface area contributed by atoms with Crippen LogP contribution in [0, 0.1) is 0 Å². The van der Waals surface area contributed by atoms with Gasteiger partial charge < -0.3 is 4.90 Å². The van der Waals surface area contributed by atoms with Crippen molar-refractivity contribution in [3.8, 4) is 0 Å². The second-order valence-corrected chi connectivity index (χ2v) is 10.5. The van der Waals surface area contributed by atoms with E-state index in [-0.39, 0.29) is 0 Å². The van der Waals surface area contributed by atoms with E-state index < -0.39 is 32.4 Å². The SMILES string of the molecule is CC(C)S(=O)(=O)Nc1cccc(N2CCC(C)(C)c3cc(C(F)(F)F)ccc32)c1. The quantitative estimate of drug-likeness (QED) is 0.685. The van der Waals surface area contributed by atoms with Crippen molar-refractivity contribution in [2.24, 2.45) is 0 Å². The molecule has 158 valence electrons. The summed E-state index contributed by atoms with van der Waals surface area (Å²) in [6.45, 7) is 7.68. The summed E-state index contributed by atoms with van der Waals surface area (Å²) in [7, 11) is -3.49. The van der Waals surface area contributed by atoms with Crippen molar-refractivity contribution in [2.75, 3.05) is 16.2 Å². The van der Waals surface area contributed by atoms with E-state index in [4.69, 9.17) is 0 Å². The number of nitrogens with one attached hydrogen (secondary N) is 1. The molecule has 2 aromatic rings. The molecular weight excluding hydrogens is 401 g/mol. The van der Waals surface area contributed by atoms with Crippen LogP contribution in [-0.2, 0) is 21.6 Å². The molecule has 2 aromatic carbocycles. The number of sulfonamides is 1. The number of fused-ring (bicyclic) bond motifs is 1. The van der Waals surface area contributed by atoms with Crippen LogP contribution in [0.15, 0.2) is 42.5 Å². The van der Waals surface area contributed by atoms with E-state index in [0.717, 1.165) is 11.8 Å². The Labute approximate surface area is 169 Å². The van der Waals surface area contributed by atoms with Gasteiger partial charge in [-0.25, -0.2) is 8.42 Å². The van der Waals surface area contributed by atoms with Gasteiger partial charge >= 0.3 is 6.18 Å². The van der Waals surface area contributed by atoms with E-state index >= 15 is 0 Å². The van der Waals surface area contributed by atoms with Gasteiger partial charge in [0.1, 0.15) is 0 Å². The third-order valence-electron chi connectivity index (χ3n) is 5.34. The lowest BCUT2D eigenvalue weighted by Crippen LogP contribution is -2.35. The van der Waals surface area contributed by atoms with E-state index in [9.17, 15) is 21.6 Å². The topological polar surface area (TPSA) is 49.4 Å². The molecule has 3 rings (SSSR count). The van der Waals surface area contributed by atoms with E-state index in [2.05, 4.69) is 4.72 Å². The number of hydrogen-bond donors (Lipinski definition) is 1. The van der Waals surface area contributed by atoms with Gasteiger partial charge in [-0.05, 0) is 67.6 Å². The normalized spacial score (nSPS) is 16.6. The molecule has 0 bridgehead atoms. The van der Waals surface area contributed by atoms with Crippen molar-refractivity contribution in [1.29, 1.82) is 0 Å². The summed E-state index contributed by atoms with van der Waals surface area (Å²) in [6.07, 6.45) is -3.73. The maximum Gasteiger partial charge on any atom is 0.416 e. The van der Waals surface area contributed by atoms with Gasteiger partial charge in [0, 0.05) is 17.9 Å². The molecule has 0 atom stereocenters. The summed E-state index contributed by atoms with van der Waals surface area (Å²) in [5, 5.41) is -0.580. The fraction of sp³-hybridized carbons (Fsp3) is 0.429. The van der Waals surface area contributed by atoms with Gasteiger partial charge in [-0.3, -0.25) is 4.72 Å². The van der Waals surface area contributed by atoms with Gasteiger partial charge in [-0.2, -0.15) is 13.2 Å². The molecule has 0 unspecified atom stereocenters. The molecule has 8 heteroatoms. The van der Waals surface area contributed by atoms with Crippen molar-refractivity contribution in [3.63, 3.8) is 0 Å². The fourth-order valence-corrected chi connectivity index (χ4v) is 4.12. The summed E-state index contributed by atoms with van der Waals surface area (Å²) in [4.78, 5) is 1.94. The van der Waals surface area contributed by atoms with Crippen LogP contribution in [0.5, 0.6) is 0 Å².